The van der Waals surface area contributed by atoms with Crippen molar-refractivity contribution >= 4 is 10.9 Å². The molecule has 1 atom stereocenters. The van der Waals surface area contributed by atoms with E-state index in [1.807, 2.05) is 0 Å². The van der Waals surface area contributed by atoms with Crippen molar-refractivity contribution in [1.82, 2.24) is 4.57 Å². The molecule has 0 saturated heterocycles. The summed E-state index contributed by atoms with van der Waals surface area (Å²) in [5, 5.41) is 1.39. The number of para-hydroxylation sites is 1. The Bertz CT molecular complexity index is 537. The van der Waals surface area contributed by atoms with Gasteiger partial charge in [-0.25, -0.2) is 0 Å². The molecule has 2 aromatic rings. The summed E-state index contributed by atoms with van der Waals surface area (Å²) in [7, 11) is 2.20. The third kappa shape index (κ3) is 1.99. The average Bonchev–Trinajstić information content (AvgIpc) is 3.04. The Morgan fingerprint density at radius 2 is 1.95 bits per heavy atom. The molecule has 2 heteroatoms. The normalized spacial score (nSPS) is 18.3. The number of rotatable bonds is 3. The third-order valence-electron chi connectivity index (χ3n) is 4.99. The van der Waals surface area contributed by atoms with Gasteiger partial charge < -0.3 is 10.3 Å². The van der Waals surface area contributed by atoms with Gasteiger partial charge in [0.05, 0.1) is 0 Å². The van der Waals surface area contributed by atoms with Gasteiger partial charge in [0.25, 0.3) is 0 Å². The zero-order chi connectivity index (χ0) is 13.4. The van der Waals surface area contributed by atoms with Crippen molar-refractivity contribution in [3.63, 3.8) is 0 Å². The molecule has 1 aliphatic carbocycles. The number of aromatic nitrogens is 1. The number of nitrogens with two attached hydrogens (primary N) is 1. The lowest BCUT2D eigenvalue weighted by Gasteiger charge is -2.24. The molecule has 0 bridgehead atoms. The highest BCUT2D eigenvalue weighted by Crippen LogP contribution is 2.40. The zero-order valence-corrected chi connectivity index (χ0v) is 12.0. The van der Waals surface area contributed by atoms with Gasteiger partial charge in [0.2, 0.25) is 0 Å². The maximum Gasteiger partial charge on any atom is 0.0482 e. The number of hydrogen-bond acceptors (Lipinski definition) is 1. The van der Waals surface area contributed by atoms with Crippen LogP contribution in [0.5, 0.6) is 0 Å². The molecule has 0 spiro atoms. The molecule has 1 fully saturated rings. The Labute approximate surface area is 115 Å². The number of benzene rings is 1. The van der Waals surface area contributed by atoms with Crippen LogP contribution in [0.2, 0.25) is 0 Å². The summed E-state index contributed by atoms with van der Waals surface area (Å²) >= 11 is 0. The zero-order valence-electron chi connectivity index (χ0n) is 12.0. The molecule has 102 valence electrons. The van der Waals surface area contributed by atoms with Gasteiger partial charge in [-0.3, -0.25) is 0 Å². The first kappa shape index (κ1) is 12.7. The monoisotopic (exact) mass is 256 g/mol. The summed E-state index contributed by atoms with van der Waals surface area (Å²) in [5.74, 6) is 1.31. The highest BCUT2D eigenvalue weighted by atomic mass is 15.0. The van der Waals surface area contributed by atoms with Crippen molar-refractivity contribution in [2.24, 2.45) is 18.7 Å². The maximum absolute atomic E-state index is 6.13. The number of fused-ring (bicyclic) bond motifs is 1. The summed E-state index contributed by atoms with van der Waals surface area (Å²) < 4.78 is 2.38. The first-order chi connectivity index (χ1) is 9.24. The van der Waals surface area contributed by atoms with Crippen LogP contribution >= 0.6 is 0 Å². The first-order valence-electron chi connectivity index (χ1n) is 7.48. The van der Waals surface area contributed by atoms with Crippen LogP contribution in [0.15, 0.2) is 24.3 Å². The van der Waals surface area contributed by atoms with Crippen LogP contribution in [0.25, 0.3) is 10.9 Å². The summed E-state index contributed by atoms with van der Waals surface area (Å²) in [6.45, 7) is 3.03. The van der Waals surface area contributed by atoms with Crippen LogP contribution < -0.4 is 5.73 Å². The van der Waals surface area contributed by atoms with Gasteiger partial charge in [-0.2, -0.15) is 0 Å². The average molecular weight is 256 g/mol. The Balaban J connectivity index is 2.12. The predicted octanol–water partition coefficient (Wildman–Crippen LogP) is 3.72. The molecule has 1 saturated carbocycles. The van der Waals surface area contributed by atoms with Crippen LogP contribution in [0.1, 0.15) is 42.9 Å². The second kappa shape index (κ2) is 5.01. The van der Waals surface area contributed by atoms with Gasteiger partial charge in [-0.05, 0) is 37.3 Å². The van der Waals surface area contributed by atoms with Crippen molar-refractivity contribution in [2.75, 3.05) is 6.54 Å². The summed E-state index contributed by atoms with van der Waals surface area (Å²) in [5.41, 5.74) is 10.4. The Hall–Kier alpha value is -1.28. The Morgan fingerprint density at radius 3 is 2.58 bits per heavy atom. The molecule has 1 aromatic carbocycles. The topological polar surface area (TPSA) is 30.9 Å². The van der Waals surface area contributed by atoms with Crippen LogP contribution in [-0.4, -0.2) is 11.1 Å². The van der Waals surface area contributed by atoms with Crippen molar-refractivity contribution in [3.8, 4) is 0 Å². The molecule has 0 aliphatic heterocycles. The van der Waals surface area contributed by atoms with E-state index in [2.05, 4.69) is 42.8 Å². The van der Waals surface area contributed by atoms with Crippen molar-refractivity contribution in [3.05, 3.63) is 35.5 Å². The molecule has 3 rings (SSSR count). The van der Waals surface area contributed by atoms with E-state index in [4.69, 9.17) is 5.73 Å². The van der Waals surface area contributed by atoms with Crippen molar-refractivity contribution in [2.45, 2.75) is 38.5 Å². The highest BCUT2D eigenvalue weighted by Gasteiger charge is 2.29. The van der Waals surface area contributed by atoms with Crippen LogP contribution in [-0.2, 0) is 7.05 Å². The molecule has 1 unspecified atom stereocenters. The van der Waals surface area contributed by atoms with E-state index < -0.39 is 0 Å². The minimum absolute atomic E-state index is 0.528. The van der Waals surface area contributed by atoms with E-state index in [-0.39, 0.29) is 0 Å². The molecule has 0 radical (unpaired) electrons. The fraction of sp³-hybridized carbons (Fsp3) is 0.529. The minimum atomic E-state index is 0.528. The smallest absolute Gasteiger partial charge is 0.0482 e. The van der Waals surface area contributed by atoms with Gasteiger partial charge in [0, 0.05) is 36.1 Å². The Morgan fingerprint density at radius 1 is 1.26 bits per heavy atom. The lowest BCUT2D eigenvalue weighted by Crippen LogP contribution is -2.22. The van der Waals surface area contributed by atoms with Crippen LogP contribution in [0, 0.1) is 12.8 Å². The molecule has 0 amide bonds. The lowest BCUT2D eigenvalue weighted by molar-refractivity contribution is 0.424. The molecule has 2 N–H and O–H groups in total. The number of hydrogen-bond donors (Lipinski definition) is 1. The van der Waals surface area contributed by atoms with Crippen molar-refractivity contribution < 1.29 is 0 Å². The largest absolute Gasteiger partial charge is 0.347 e. The van der Waals surface area contributed by atoms with E-state index >= 15 is 0 Å². The highest BCUT2D eigenvalue weighted by molar-refractivity contribution is 5.85. The molecule has 1 heterocycles. The standard InChI is InChI=1S/C17H24N2/c1-12-14-9-5-6-10-16(14)19(2)17(12)15(11-18)13-7-3-4-8-13/h5-6,9-10,13,15H,3-4,7-8,11,18H2,1-2H3. The van der Waals surface area contributed by atoms with E-state index in [9.17, 15) is 0 Å². The van der Waals surface area contributed by atoms with Gasteiger partial charge in [0.15, 0.2) is 0 Å². The molecule has 19 heavy (non-hydrogen) atoms. The lowest BCUT2D eigenvalue weighted by atomic mass is 9.86. The molecular formula is C17H24N2. The second-order valence-corrected chi connectivity index (χ2v) is 5.97. The second-order valence-electron chi connectivity index (χ2n) is 5.97. The van der Waals surface area contributed by atoms with E-state index in [0.29, 0.717) is 5.92 Å². The number of aryl methyl sites for hydroxylation is 2. The van der Waals surface area contributed by atoms with Gasteiger partial charge in [-0.15, -0.1) is 0 Å². The van der Waals surface area contributed by atoms with Gasteiger partial charge in [0.1, 0.15) is 0 Å². The molecule has 1 aliphatic rings. The number of nitrogens with zero attached hydrogens (tertiary/aromatic N) is 1. The van der Waals surface area contributed by atoms with E-state index in [0.717, 1.165) is 12.5 Å². The summed E-state index contributed by atoms with van der Waals surface area (Å²) in [6.07, 6.45) is 5.46. The molecular weight excluding hydrogens is 232 g/mol. The van der Waals surface area contributed by atoms with Gasteiger partial charge in [-0.1, -0.05) is 31.0 Å². The minimum Gasteiger partial charge on any atom is -0.347 e. The SMILES string of the molecule is Cc1c(C(CN)C2CCCC2)n(C)c2ccccc12. The molecule has 2 nitrogen and oxygen atoms in total. The van der Waals surface area contributed by atoms with E-state index in [1.54, 1.807) is 0 Å². The third-order valence-corrected chi connectivity index (χ3v) is 4.99. The van der Waals surface area contributed by atoms with Crippen molar-refractivity contribution in [1.29, 1.82) is 0 Å². The summed E-state index contributed by atoms with van der Waals surface area (Å²) in [6, 6.07) is 8.70. The quantitative estimate of drug-likeness (QED) is 0.891. The molecule has 1 aromatic heterocycles. The van der Waals surface area contributed by atoms with Gasteiger partial charge >= 0.3 is 0 Å². The maximum atomic E-state index is 6.13. The van der Waals surface area contributed by atoms with Crippen LogP contribution in [0.3, 0.4) is 0 Å². The predicted molar refractivity (Wildman–Crippen MR) is 81.4 cm³/mol. The van der Waals surface area contributed by atoms with Crippen LogP contribution in [0.4, 0.5) is 0 Å². The summed E-state index contributed by atoms with van der Waals surface area (Å²) in [4.78, 5) is 0. The first-order valence-corrected chi connectivity index (χ1v) is 7.48. The Kier molecular flexibility index (Phi) is 3.36. The fourth-order valence-corrected chi connectivity index (χ4v) is 4.02. The van der Waals surface area contributed by atoms with E-state index in [1.165, 1.54) is 47.8 Å². The fourth-order valence-electron chi connectivity index (χ4n) is 4.02.